The molecule has 1 heterocycles. The number of hydrogen-bond donors (Lipinski definition) is 2. The number of methoxy groups -OCH3 is 1. The molecule has 2 aromatic rings. The van der Waals surface area contributed by atoms with Crippen LogP contribution in [0.25, 0.3) is 11.4 Å². The molecule has 0 radical (unpaired) electrons. The van der Waals surface area contributed by atoms with Crippen LogP contribution in [-0.4, -0.2) is 28.1 Å². The Morgan fingerprint density at radius 2 is 1.88 bits per heavy atom. The molecule has 1 aromatic carbocycles. The molecule has 24 heavy (non-hydrogen) atoms. The zero-order chi connectivity index (χ0) is 17.5. The van der Waals surface area contributed by atoms with E-state index in [9.17, 15) is 0 Å². The Morgan fingerprint density at radius 1 is 1.17 bits per heavy atom. The lowest BCUT2D eigenvalue weighted by molar-refractivity contribution is 0.415. The highest BCUT2D eigenvalue weighted by Crippen LogP contribution is 2.29. The van der Waals surface area contributed by atoms with Crippen LogP contribution in [0.2, 0.25) is 5.02 Å². The number of nitrogens with one attached hydrogen (secondary N) is 1. The van der Waals surface area contributed by atoms with Crippen molar-refractivity contribution in [2.45, 2.75) is 45.6 Å². The maximum absolute atomic E-state index is 6.18. The van der Waals surface area contributed by atoms with Crippen molar-refractivity contribution < 1.29 is 4.74 Å². The Labute approximate surface area is 147 Å². The summed E-state index contributed by atoms with van der Waals surface area (Å²) < 4.78 is 5.17. The van der Waals surface area contributed by atoms with Crippen LogP contribution in [0, 0.1) is 0 Å². The third kappa shape index (κ3) is 4.71. The van der Waals surface area contributed by atoms with Gasteiger partial charge in [-0.25, -0.2) is 0 Å². The number of ether oxygens (including phenoxy) is 1. The highest BCUT2D eigenvalue weighted by molar-refractivity contribution is 6.32. The quantitative estimate of drug-likeness (QED) is 0.744. The Bertz CT molecular complexity index is 674. The average Bonchev–Trinajstić information content (AvgIpc) is 2.54. The summed E-state index contributed by atoms with van der Waals surface area (Å²) in [6.07, 6.45) is 4.31. The number of nitrogens with zero attached hydrogens (tertiary/aromatic N) is 3. The Morgan fingerprint density at radius 3 is 2.46 bits per heavy atom. The lowest BCUT2D eigenvalue weighted by Crippen LogP contribution is -2.21. The molecule has 0 aliphatic heterocycles. The van der Waals surface area contributed by atoms with Crippen molar-refractivity contribution >= 4 is 23.5 Å². The van der Waals surface area contributed by atoms with Crippen LogP contribution in [0.3, 0.4) is 0 Å². The fraction of sp³-hybridized carbons (Fsp3) is 0.471. The van der Waals surface area contributed by atoms with Gasteiger partial charge in [0.25, 0.3) is 0 Å². The summed E-state index contributed by atoms with van der Waals surface area (Å²) in [6.45, 7) is 4.33. The standard InChI is InChI=1S/C17H24ClN5O/c1-4-6-12(7-5-2)20-17-22-15(21-16(19)23-17)11-8-9-14(24-3)13(18)10-11/h8-10,12H,4-7H2,1-3H3,(H3,19,20,21,22,23). The smallest absolute Gasteiger partial charge is 0.228 e. The second kappa shape index (κ2) is 8.68. The summed E-state index contributed by atoms with van der Waals surface area (Å²) >= 11 is 6.18. The van der Waals surface area contributed by atoms with E-state index in [2.05, 4.69) is 34.1 Å². The maximum atomic E-state index is 6.18. The van der Waals surface area contributed by atoms with E-state index in [-0.39, 0.29) is 5.95 Å². The van der Waals surface area contributed by atoms with E-state index in [0.717, 1.165) is 31.2 Å². The van der Waals surface area contributed by atoms with Crippen molar-refractivity contribution in [2.75, 3.05) is 18.2 Å². The van der Waals surface area contributed by atoms with E-state index in [0.29, 0.717) is 28.6 Å². The Balaban J connectivity index is 2.29. The highest BCUT2D eigenvalue weighted by atomic mass is 35.5. The van der Waals surface area contributed by atoms with Crippen LogP contribution < -0.4 is 15.8 Å². The maximum Gasteiger partial charge on any atom is 0.228 e. The summed E-state index contributed by atoms with van der Waals surface area (Å²) in [4.78, 5) is 12.9. The molecule has 7 heteroatoms. The third-order valence-electron chi connectivity index (χ3n) is 3.67. The predicted octanol–water partition coefficient (Wildman–Crippen LogP) is 4.16. The lowest BCUT2D eigenvalue weighted by atomic mass is 10.1. The van der Waals surface area contributed by atoms with Gasteiger partial charge in [-0.15, -0.1) is 0 Å². The zero-order valence-corrected chi connectivity index (χ0v) is 15.1. The van der Waals surface area contributed by atoms with Crippen molar-refractivity contribution in [1.29, 1.82) is 0 Å². The van der Waals surface area contributed by atoms with Gasteiger partial charge in [-0.1, -0.05) is 38.3 Å². The van der Waals surface area contributed by atoms with Gasteiger partial charge in [-0.2, -0.15) is 15.0 Å². The number of hydrogen-bond acceptors (Lipinski definition) is 6. The van der Waals surface area contributed by atoms with Gasteiger partial charge in [0.05, 0.1) is 12.1 Å². The number of rotatable bonds is 8. The van der Waals surface area contributed by atoms with Gasteiger partial charge in [0.15, 0.2) is 5.82 Å². The van der Waals surface area contributed by atoms with Crippen molar-refractivity contribution in [3.05, 3.63) is 23.2 Å². The second-order valence-corrected chi connectivity index (χ2v) is 6.02. The summed E-state index contributed by atoms with van der Waals surface area (Å²) in [5.74, 6) is 1.77. The molecule has 0 atom stereocenters. The van der Waals surface area contributed by atoms with Crippen LogP contribution in [0.5, 0.6) is 5.75 Å². The van der Waals surface area contributed by atoms with E-state index >= 15 is 0 Å². The van der Waals surface area contributed by atoms with Crippen LogP contribution >= 0.6 is 11.6 Å². The monoisotopic (exact) mass is 349 g/mol. The van der Waals surface area contributed by atoms with Gasteiger partial charge in [0, 0.05) is 11.6 Å². The van der Waals surface area contributed by atoms with Crippen LogP contribution in [0.15, 0.2) is 18.2 Å². The van der Waals surface area contributed by atoms with Crippen molar-refractivity contribution in [1.82, 2.24) is 15.0 Å². The second-order valence-electron chi connectivity index (χ2n) is 5.61. The van der Waals surface area contributed by atoms with Crippen molar-refractivity contribution in [2.24, 2.45) is 0 Å². The first kappa shape index (κ1) is 18.3. The van der Waals surface area contributed by atoms with Crippen LogP contribution in [-0.2, 0) is 0 Å². The number of nitrogen functional groups attached to an aromatic ring is 1. The first-order valence-corrected chi connectivity index (χ1v) is 8.57. The number of halogens is 1. The van der Waals surface area contributed by atoms with E-state index < -0.39 is 0 Å². The molecule has 2 rings (SSSR count). The Kier molecular flexibility index (Phi) is 6.61. The minimum atomic E-state index is 0.182. The molecule has 0 amide bonds. The van der Waals surface area contributed by atoms with E-state index in [1.807, 2.05) is 6.07 Å². The van der Waals surface area contributed by atoms with Gasteiger partial charge >= 0.3 is 0 Å². The fourth-order valence-electron chi connectivity index (χ4n) is 2.56. The van der Waals surface area contributed by atoms with Gasteiger partial charge in [0.2, 0.25) is 11.9 Å². The van der Waals surface area contributed by atoms with E-state index in [1.54, 1.807) is 19.2 Å². The van der Waals surface area contributed by atoms with Gasteiger partial charge < -0.3 is 15.8 Å². The molecule has 0 saturated carbocycles. The molecule has 0 unspecified atom stereocenters. The summed E-state index contributed by atoms with van der Waals surface area (Å²) in [5, 5.41) is 3.87. The van der Waals surface area contributed by atoms with Crippen LogP contribution in [0.4, 0.5) is 11.9 Å². The molecule has 0 saturated heterocycles. The fourth-order valence-corrected chi connectivity index (χ4v) is 2.82. The molecule has 130 valence electrons. The average molecular weight is 350 g/mol. The molecular weight excluding hydrogens is 326 g/mol. The van der Waals surface area contributed by atoms with E-state index in [1.165, 1.54) is 0 Å². The molecule has 1 aromatic heterocycles. The molecule has 0 aliphatic carbocycles. The number of aromatic nitrogens is 3. The largest absolute Gasteiger partial charge is 0.495 e. The summed E-state index contributed by atoms with van der Waals surface area (Å²) in [5.41, 5.74) is 6.62. The van der Waals surface area contributed by atoms with Crippen molar-refractivity contribution in [3.8, 4) is 17.1 Å². The predicted molar refractivity (Wildman–Crippen MR) is 98.5 cm³/mol. The Hall–Kier alpha value is -2.08. The van der Waals surface area contributed by atoms with Gasteiger partial charge in [-0.05, 0) is 31.0 Å². The number of anilines is 2. The third-order valence-corrected chi connectivity index (χ3v) is 3.97. The van der Waals surface area contributed by atoms with Crippen LogP contribution in [0.1, 0.15) is 39.5 Å². The molecular formula is C17H24ClN5O. The topological polar surface area (TPSA) is 86.0 Å². The molecule has 0 fully saturated rings. The highest BCUT2D eigenvalue weighted by Gasteiger charge is 2.13. The summed E-state index contributed by atoms with van der Waals surface area (Å²) in [7, 11) is 1.57. The molecule has 6 nitrogen and oxygen atoms in total. The van der Waals surface area contributed by atoms with Gasteiger partial charge in [0.1, 0.15) is 5.75 Å². The number of benzene rings is 1. The zero-order valence-electron chi connectivity index (χ0n) is 14.3. The first-order chi connectivity index (χ1) is 11.6. The lowest BCUT2D eigenvalue weighted by Gasteiger charge is -2.17. The molecule has 0 spiro atoms. The van der Waals surface area contributed by atoms with E-state index in [4.69, 9.17) is 22.1 Å². The molecule has 0 aliphatic rings. The minimum absolute atomic E-state index is 0.182. The summed E-state index contributed by atoms with van der Waals surface area (Å²) in [6, 6.07) is 5.71. The number of nitrogens with two attached hydrogens (primary N) is 1. The SMILES string of the molecule is CCCC(CCC)Nc1nc(N)nc(-c2ccc(OC)c(Cl)c2)n1. The van der Waals surface area contributed by atoms with Gasteiger partial charge in [-0.3, -0.25) is 0 Å². The molecule has 3 N–H and O–H groups in total. The normalized spacial score (nSPS) is 10.9. The minimum Gasteiger partial charge on any atom is -0.495 e. The molecule has 0 bridgehead atoms. The van der Waals surface area contributed by atoms with Crippen molar-refractivity contribution in [3.63, 3.8) is 0 Å². The first-order valence-electron chi connectivity index (χ1n) is 8.19.